The van der Waals surface area contributed by atoms with Gasteiger partial charge >= 0.3 is 0 Å². The Hall–Kier alpha value is -0.580. The SMILES string of the molecule is CCCOc1ccc(Br)cc1CNCC(C)(C)CO. The van der Waals surface area contributed by atoms with Crippen molar-refractivity contribution in [2.45, 2.75) is 33.7 Å². The van der Waals surface area contributed by atoms with Crippen LogP contribution in [0.25, 0.3) is 0 Å². The zero-order valence-electron chi connectivity index (χ0n) is 12.0. The van der Waals surface area contributed by atoms with Gasteiger partial charge in [-0.25, -0.2) is 0 Å². The van der Waals surface area contributed by atoms with Crippen molar-refractivity contribution in [1.29, 1.82) is 0 Å². The average Bonchev–Trinajstić information content (AvgIpc) is 2.38. The third-order valence-corrected chi connectivity index (χ3v) is 3.32. The predicted molar refractivity (Wildman–Crippen MR) is 82.5 cm³/mol. The molecule has 0 aliphatic heterocycles. The molecule has 0 amide bonds. The van der Waals surface area contributed by atoms with E-state index in [1.165, 1.54) is 0 Å². The Kier molecular flexibility index (Phi) is 6.83. The van der Waals surface area contributed by atoms with Gasteiger partial charge in [-0.15, -0.1) is 0 Å². The van der Waals surface area contributed by atoms with E-state index in [1.807, 2.05) is 26.0 Å². The van der Waals surface area contributed by atoms with Crippen LogP contribution in [0.15, 0.2) is 22.7 Å². The normalized spacial score (nSPS) is 11.6. The molecular formula is C15H24BrNO2. The molecule has 0 unspecified atom stereocenters. The van der Waals surface area contributed by atoms with Crippen molar-refractivity contribution in [1.82, 2.24) is 5.32 Å². The number of hydrogen-bond acceptors (Lipinski definition) is 3. The van der Waals surface area contributed by atoms with Crippen LogP contribution in [0.3, 0.4) is 0 Å². The fourth-order valence-electron chi connectivity index (χ4n) is 1.63. The maximum Gasteiger partial charge on any atom is 0.123 e. The van der Waals surface area contributed by atoms with Gasteiger partial charge in [0.1, 0.15) is 5.75 Å². The maximum absolute atomic E-state index is 9.23. The smallest absolute Gasteiger partial charge is 0.123 e. The van der Waals surface area contributed by atoms with Gasteiger partial charge in [0.25, 0.3) is 0 Å². The molecule has 0 fully saturated rings. The van der Waals surface area contributed by atoms with Crippen LogP contribution in [-0.2, 0) is 6.54 Å². The molecule has 0 aliphatic carbocycles. The molecule has 0 spiro atoms. The van der Waals surface area contributed by atoms with E-state index >= 15 is 0 Å². The Morgan fingerprint density at radius 1 is 1.37 bits per heavy atom. The summed E-state index contributed by atoms with van der Waals surface area (Å²) in [5.74, 6) is 0.930. The Balaban J connectivity index is 2.62. The Bertz CT molecular complexity index is 394. The van der Waals surface area contributed by atoms with Gasteiger partial charge in [-0.2, -0.15) is 0 Å². The molecule has 1 aromatic rings. The molecule has 0 saturated carbocycles. The summed E-state index contributed by atoms with van der Waals surface area (Å²) >= 11 is 3.49. The Morgan fingerprint density at radius 3 is 2.74 bits per heavy atom. The molecule has 0 aliphatic rings. The van der Waals surface area contributed by atoms with Crippen LogP contribution in [0.4, 0.5) is 0 Å². The minimum Gasteiger partial charge on any atom is -0.493 e. The van der Waals surface area contributed by atoms with Gasteiger partial charge in [0.05, 0.1) is 6.61 Å². The van der Waals surface area contributed by atoms with Crippen LogP contribution in [0.2, 0.25) is 0 Å². The van der Waals surface area contributed by atoms with Gasteiger partial charge in [0, 0.05) is 35.1 Å². The summed E-state index contributed by atoms with van der Waals surface area (Å²) in [7, 11) is 0. The van der Waals surface area contributed by atoms with E-state index in [1.54, 1.807) is 0 Å². The number of benzene rings is 1. The molecule has 19 heavy (non-hydrogen) atoms. The fourth-order valence-corrected chi connectivity index (χ4v) is 2.04. The minimum atomic E-state index is -0.101. The summed E-state index contributed by atoms with van der Waals surface area (Å²) in [6, 6.07) is 6.06. The van der Waals surface area contributed by atoms with Crippen molar-refractivity contribution in [3.05, 3.63) is 28.2 Å². The molecule has 108 valence electrons. The van der Waals surface area contributed by atoms with Crippen molar-refractivity contribution in [2.24, 2.45) is 5.41 Å². The highest BCUT2D eigenvalue weighted by Crippen LogP contribution is 2.23. The van der Waals surface area contributed by atoms with E-state index in [0.29, 0.717) is 0 Å². The molecule has 1 aromatic carbocycles. The molecule has 4 heteroatoms. The summed E-state index contributed by atoms with van der Waals surface area (Å²) in [5.41, 5.74) is 1.03. The first-order chi connectivity index (χ1) is 8.98. The van der Waals surface area contributed by atoms with Crippen molar-refractivity contribution in [3.8, 4) is 5.75 Å². The molecular weight excluding hydrogens is 306 g/mol. The highest BCUT2D eigenvalue weighted by atomic mass is 79.9. The summed E-state index contributed by atoms with van der Waals surface area (Å²) < 4.78 is 6.79. The summed E-state index contributed by atoms with van der Waals surface area (Å²) in [5, 5.41) is 12.6. The van der Waals surface area contributed by atoms with Crippen LogP contribution < -0.4 is 10.1 Å². The molecule has 0 bridgehead atoms. The number of aliphatic hydroxyl groups is 1. The zero-order valence-corrected chi connectivity index (χ0v) is 13.6. The minimum absolute atomic E-state index is 0.101. The number of nitrogens with one attached hydrogen (secondary N) is 1. The largest absolute Gasteiger partial charge is 0.493 e. The van der Waals surface area contributed by atoms with Gasteiger partial charge in [0.15, 0.2) is 0 Å². The quantitative estimate of drug-likeness (QED) is 0.768. The van der Waals surface area contributed by atoms with E-state index in [0.717, 1.165) is 41.9 Å². The molecule has 2 N–H and O–H groups in total. The average molecular weight is 330 g/mol. The summed E-state index contributed by atoms with van der Waals surface area (Å²) in [6.45, 7) is 8.59. The van der Waals surface area contributed by atoms with Crippen LogP contribution in [-0.4, -0.2) is 24.9 Å². The van der Waals surface area contributed by atoms with E-state index in [4.69, 9.17) is 4.74 Å². The number of ether oxygens (including phenoxy) is 1. The second-order valence-electron chi connectivity index (χ2n) is 5.53. The standard InChI is InChI=1S/C15H24BrNO2/c1-4-7-19-14-6-5-13(16)8-12(14)9-17-10-15(2,3)11-18/h5-6,8,17-18H,4,7,9-11H2,1-3H3. The molecule has 1 rings (SSSR count). The van der Waals surface area contributed by atoms with Crippen LogP contribution in [0, 0.1) is 5.41 Å². The van der Waals surface area contributed by atoms with Crippen LogP contribution in [0.5, 0.6) is 5.75 Å². The lowest BCUT2D eigenvalue weighted by molar-refractivity contribution is 0.156. The van der Waals surface area contributed by atoms with Crippen LogP contribution >= 0.6 is 15.9 Å². The van der Waals surface area contributed by atoms with E-state index < -0.39 is 0 Å². The highest BCUT2D eigenvalue weighted by Gasteiger charge is 2.16. The molecule has 0 heterocycles. The second kappa shape index (κ2) is 7.88. The van der Waals surface area contributed by atoms with Crippen molar-refractivity contribution in [2.75, 3.05) is 19.8 Å². The second-order valence-corrected chi connectivity index (χ2v) is 6.44. The third kappa shape index (κ3) is 5.93. The lowest BCUT2D eigenvalue weighted by atomic mass is 9.95. The highest BCUT2D eigenvalue weighted by molar-refractivity contribution is 9.10. The first kappa shape index (κ1) is 16.5. The van der Waals surface area contributed by atoms with Crippen LogP contribution in [0.1, 0.15) is 32.8 Å². The van der Waals surface area contributed by atoms with Crippen molar-refractivity contribution >= 4 is 15.9 Å². The number of aliphatic hydroxyl groups excluding tert-OH is 1. The zero-order chi connectivity index (χ0) is 14.3. The Labute approximate surface area is 124 Å². The maximum atomic E-state index is 9.23. The van der Waals surface area contributed by atoms with Gasteiger partial charge < -0.3 is 15.2 Å². The molecule has 0 saturated heterocycles. The summed E-state index contributed by atoms with van der Waals surface area (Å²) in [6.07, 6.45) is 1.00. The third-order valence-electron chi connectivity index (χ3n) is 2.83. The van der Waals surface area contributed by atoms with E-state index in [9.17, 15) is 5.11 Å². The lowest BCUT2D eigenvalue weighted by Crippen LogP contribution is -2.32. The molecule has 0 atom stereocenters. The number of hydrogen-bond donors (Lipinski definition) is 2. The summed E-state index contributed by atoms with van der Waals surface area (Å²) in [4.78, 5) is 0. The molecule has 0 radical (unpaired) electrons. The predicted octanol–water partition coefficient (Wildman–Crippen LogP) is 3.35. The number of halogens is 1. The molecule has 3 nitrogen and oxygen atoms in total. The van der Waals surface area contributed by atoms with Crippen molar-refractivity contribution < 1.29 is 9.84 Å². The van der Waals surface area contributed by atoms with Gasteiger partial charge in [-0.1, -0.05) is 36.7 Å². The van der Waals surface area contributed by atoms with E-state index in [2.05, 4.69) is 34.2 Å². The van der Waals surface area contributed by atoms with Crippen molar-refractivity contribution in [3.63, 3.8) is 0 Å². The lowest BCUT2D eigenvalue weighted by Gasteiger charge is -2.22. The Morgan fingerprint density at radius 2 is 2.11 bits per heavy atom. The van der Waals surface area contributed by atoms with E-state index in [-0.39, 0.29) is 12.0 Å². The van der Waals surface area contributed by atoms with Gasteiger partial charge in [0.2, 0.25) is 0 Å². The number of rotatable bonds is 8. The monoisotopic (exact) mass is 329 g/mol. The van der Waals surface area contributed by atoms with Gasteiger partial charge in [-0.05, 0) is 24.6 Å². The fraction of sp³-hybridized carbons (Fsp3) is 0.600. The first-order valence-corrected chi connectivity index (χ1v) is 7.50. The molecule has 0 aromatic heterocycles. The first-order valence-electron chi connectivity index (χ1n) is 6.71. The topological polar surface area (TPSA) is 41.5 Å². The van der Waals surface area contributed by atoms with Gasteiger partial charge in [-0.3, -0.25) is 0 Å².